The van der Waals surface area contributed by atoms with Crippen LogP contribution in [0.3, 0.4) is 0 Å². The molecule has 3 heterocycles. The van der Waals surface area contributed by atoms with Gasteiger partial charge in [0.25, 0.3) is 0 Å². The van der Waals surface area contributed by atoms with Crippen molar-refractivity contribution < 1.29 is 0 Å². The van der Waals surface area contributed by atoms with Gasteiger partial charge in [0.15, 0.2) is 11.3 Å². The van der Waals surface area contributed by atoms with Crippen LogP contribution in [0.2, 0.25) is 0 Å². The van der Waals surface area contributed by atoms with Gasteiger partial charge >= 0.3 is 0 Å². The van der Waals surface area contributed by atoms with E-state index in [9.17, 15) is 0 Å². The summed E-state index contributed by atoms with van der Waals surface area (Å²) in [6.45, 7) is 2.02. The van der Waals surface area contributed by atoms with Gasteiger partial charge in [0.2, 0.25) is 0 Å². The number of fused-ring (bicyclic) bond motifs is 3. The van der Waals surface area contributed by atoms with Gasteiger partial charge in [0.1, 0.15) is 0 Å². The third-order valence-electron chi connectivity index (χ3n) is 4.61. The molecule has 0 radical (unpaired) electrons. The van der Waals surface area contributed by atoms with Crippen molar-refractivity contribution >= 4 is 16.7 Å². The molecule has 0 aliphatic rings. The van der Waals surface area contributed by atoms with Crippen molar-refractivity contribution in [3.05, 3.63) is 84.7 Å². The lowest BCUT2D eigenvalue weighted by molar-refractivity contribution is 0.947. The predicted octanol–water partition coefficient (Wildman–Crippen LogP) is 4.92. The standard InChI is InChI=1S/C22H16N4/c1-15-18(16-8-4-2-5-9-16)14-19-21(23-15)25-26-13-12-20(24-22(19)26)17-10-6-3-7-11-17/h2-14H,1H3. The minimum atomic E-state index is 0.722. The Hall–Kier alpha value is -3.53. The number of pyridine rings is 1. The van der Waals surface area contributed by atoms with Gasteiger partial charge in [-0.3, -0.25) is 0 Å². The average Bonchev–Trinajstić information content (AvgIpc) is 3.05. The molecule has 124 valence electrons. The largest absolute Gasteiger partial charge is 0.231 e. The Morgan fingerprint density at radius 3 is 2.19 bits per heavy atom. The van der Waals surface area contributed by atoms with Crippen molar-refractivity contribution in [1.29, 1.82) is 0 Å². The summed E-state index contributed by atoms with van der Waals surface area (Å²) in [7, 11) is 0. The van der Waals surface area contributed by atoms with E-state index >= 15 is 0 Å². The fourth-order valence-corrected chi connectivity index (χ4v) is 3.29. The van der Waals surface area contributed by atoms with E-state index in [2.05, 4.69) is 35.4 Å². The molecule has 0 N–H and O–H groups in total. The van der Waals surface area contributed by atoms with E-state index in [0.717, 1.165) is 44.8 Å². The number of hydrogen-bond donors (Lipinski definition) is 0. The second-order valence-electron chi connectivity index (χ2n) is 6.31. The molecular formula is C22H16N4. The first-order valence-corrected chi connectivity index (χ1v) is 8.57. The normalized spacial score (nSPS) is 11.3. The highest BCUT2D eigenvalue weighted by Crippen LogP contribution is 2.28. The van der Waals surface area contributed by atoms with Crippen LogP contribution in [0.1, 0.15) is 5.69 Å². The summed E-state index contributed by atoms with van der Waals surface area (Å²) in [5.74, 6) is 0. The summed E-state index contributed by atoms with van der Waals surface area (Å²) >= 11 is 0. The van der Waals surface area contributed by atoms with Gasteiger partial charge in [-0.1, -0.05) is 60.7 Å². The van der Waals surface area contributed by atoms with E-state index in [1.807, 2.05) is 55.6 Å². The molecule has 0 saturated carbocycles. The Morgan fingerprint density at radius 2 is 1.46 bits per heavy atom. The Morgan fingerprint density at radius 1 is 0.769 bits per heavy atom. The van der Waals surface area contributed by atoms with E-state index in [4.69, 9.17) is 9.97 Å². The van der Waals surface area contributed by atoms with Gasteiger partial charge in [-0.05, 0) is 24.6 Å². The second kappa shape index (κ2) is 5.77. The van der Waals surface area contributed by atoms with Crippen LogP contribution in [0.4, 0.5) is 0 Å². The minimum Gasteiger partial charge on any atom is -0.231 e. The van der Waals surface area contributed by atoms with Gasteiger partial charge in [-0.15, -0.1) is 5.10 Å². The second-order valence-corrected chi connectivity index (χ2v) is 6.31. The quantitative estimate of drug-likeness (QED) is 0.459. The maximum atomic E-state index is 4.86. The molecular weight excluding hydrogens is 320 g/mol. The summed E-state index contributed by atoms with van der Waals surface area (Å²) in [6.07, 6.45) is 1.95. The van der Waals surface area contributed by atoms with Gasteiger partial charge < -0.3 is 0 Å². The number of nitrogens with zero attached hydrogens (tertiary/aromatic N) is 4. The van der Waals surface area contributed by atoms with E-state index in [0.29, 0.717) is 0 Å². The number of rotatable bonds is 2. The van der Waals surface area contributed by atoms with E-state index in [-0.39, 0.29) is 0 Å². The zero-order chi connectivity index (χ0) is 17.5. The number of hydrogen-bond acceptors (Lipinski definition) is 3. The maximum absolute atomic E-state index is 4.86. The summed E-state index contributed by atoms with van der Waals surface area (Å²) in [5.41, 5.74) is 6.80. The Labute approximate surface area is 150 Å². The first-order chi connectivity index (χ1) is 12.8. The monoisotopic (exact) mass is 336 g/mol. The molecule has 5 aromatic rings. The molecule has 0 saturated heterocycles. The topological polar surface area (TPSA) is 43.1 Å². The lowest BCUT2D eigenvalue weighted by Crippen LogP contribution is -1.91. The lowest BCUT2D eigenvalue weighted by atomic mass is 10.0. The molecule has 0 unspecified atom stereocenters. The first-order valence-electron chi connectivity index (χ1n) is 8.57. The number of aryl methyl sites for hydroxylation is 1. The Bertz CT molecular complexity index is 1220. The van der Waals surface area contributed by atoms with Crippen molar-refractivity contribution in [2.45, 2.75) is 6.92 Å². The molecule has 0 aliphatic carbocycles. The van der Waals surface area contributed by atoms with Crippen LogP contribution in [0, 0.1) is 6.92 Å². The maximum Gasteiger partial charge on any atom is 0.184 e. The van der Waals surface area contributed by atoms with Crippen LogP contribution in [-0.2, 0) is 0 Å². The highest BCUT2D eigenvalue weighted by Gasteiger charge is 2.13. The third kappa shape index (κ3) is 2.35. The summed E-state index contributed by atoms with van der Waals surface area (Å²) in [4.78, 5) is 9.58. The van der Waals surface area contributed by atoms with Crippen molar-refractivity contribution in [3.8, 4) is 22.4 Å². The van der Waals surface area contributed by atoms with Crippen LogP contribution < -0.4 is 0 Å². The van der Waals surface area contributed by atoms with Crippen molar-refractivity contribution in [3.63, 3.8) is 0 Å². The molecule has 0 fully saturated rings. The minimum absolute atomic E-state index is 0.722. The zero-order valence-electron chi connectivity index (χ0n) is 14.3. The van der Waals surface area contributed by atoms with Crippen LogP contribution in [0.25, 0.3) is 39.1 Å². The third-order valence-corrected chi connectivity index (χ3v) is 4.61. The fourth-order valence-electron chi connectivity index (χ4n) is 3.29. The Kier molecular flexibility index (Phi) is 3.28. The molecule has 4 heteroatoms. The molecule has 26 heavy (non-hydrogen) atoms. The SMILES string of the molecule is Cc1nc2nn3ccc(-c4ccccc4)nc3c2cc1-c1ccccc1. The van der Waals surface area contributed by atoms with E-state index in [1.165, 1.54) is 0 Å². The van der Waals surface area contributed by atoms with Crippen LogP contribution in [0.15, 0.2) is 79.0 Å². The Balaban J connectivity index is 1.77. The number of aromatic nitrogens is 4. The molecule has 3 aromatic heterocycles. The van der Waals surface area contributed by atoms with Crippen LogP contribution in [0.5, 0.6) is 0 Å². The predicted molar refractivity (Wildman–Crippen MR) is 104 cm³/mol. The summed E-state index contributed by atoms with van der Waals surface area (Å²) < 4.78 is 1.80. The molecule has 0 amide bonds. The molecule has 5 rings (SSSR count). The zero-order valence-corrected chi connectivity index (χ0v) is 14.3. The molecule has 0 atom stereocenters. The molecule has 0 spiro atoms. The van der Waals surface area contributed by atoms with Gasteiger partial charge in [-0.25, -0.2) is 14.5 Å². The van der Waals surface area contributed by atoms with Gasteiger partial charge in [0.05, 0.1) is 11.1 Å². The molecule has 4 nitrogen and oxygen atoms in total. The number of benzene rings is 2. The molecule has 0 bridgehead atoms. The highest BCUT2D eigenvalue weighted by molar-refractivity contribution is 5.93. The van der Waals surface area contributed by atoms with Crippen molar-refractivity contribution in [2.24, 2.45) is 0 Å². The molecule has 0 aliphatic heterocycles. The van der Waals surface area contributed by atoms with Crippen molar-refractivity contribution in [2.75, 3.05) is 0 Å². The highest BCUT2D eigenvalue weighted by atomic mass is 15.3. The van der Waals surface area contributed by atoms with Crippen LogP contribution >= 0.6 is 0 Å². The first kappa shape index (κ1) is 14.8. The lowest BCUT2D eigenvalue weighted by Gasteiger charge is -2.05. The fraction of sp³-hybridized carbons (Fsp3) is 0.0455. The smallest absolute Gasteiger partial charge is 0.184 e. The summed E-state index contributed by atoms with van der Waals surface area (Å²) in [6, 6.07) is 24.6. The summed E-state index contributed by atoms with van der Waals surface area (Å²) in [5, 5.41) is 5.55. The van der Waals surface area contributed by atoms with Crippen molar-refractivity contribution in [1.82, 2.24) is 19.6 Å². The van der Waals surface area contributed by atoms with Crippen LogP contribution in [-0.4, -0.2) is 19.6 Å². The average molecular weight is 336 g/mol. The van der Waals surface area contributed by atoms with E-state index < -0.39 is 0 Å². The van der Waals surface area contributed by atoms with Gasteiger partial charge in [-0.2, -0.15) is 0 Å². The van der Waals surface area contributed by atoms with Gasteiger partial charge in [0, 0.05) is 23.0 Å². The van der Waals surface area contributed by atoms with E-state index in [1.54, 1.807) is 4.52 Å². The molecule has 2 aromatic carbocycles.